The maximum absolute atomic E-state index is 13.8. The second-order valence-corrected chi connectivity index (χ2v) is 9.39. The minimum Gasteiger partial charge on any atom is -0.340 e. The monoisotopic (exact) mass is 388 g/mol. The molecule has 2 atom stereocenters. The number of nitrogens with zero attached hydrogens (tertiary/aromatic N) is 1. The number of nitrogens with one attached hydrogen (secondary N) is 1. The molecule has 1 aromatic rings. The van der Waals surface area contributed by atoms with Crippen LogP contribution in [-0.2, 0) is 14.8 Å². The molecule has 1 N–H and O–H groups in total. The second kappa shape index (κ2) is 9.00. The Morgan fingerprint density at radius 2 is 2.12 bits per heavy atom. The predicted molar refractivity (Wildman–Crippen MR) is 98.5 cm³/mol. The fourth-order valence-electron chi connectivity index (χ4n) is 2.96. The molecule has 0 aromatic heterocycles. The molecule has 1 fully saturated rings. The minimum atomic E-state index is -4.08. The van der Waals surface area contributed by atoms with E-state index in [2.05, 4.69) is 11.6 Å². The van der Waals surface area contributed by atoms with E-state index in [1.807, 2.05) is 11.8 Å². The number of amides is 1. The quantitative estimate of drug-likeness (QED) is 0.814. The zero-order valence-electron chi connectivity index (χ0n) is 14.6. The van der Waals surface area contributed by atoms with Crippen LogP contribution in [0.3, 0.4) is 0 Å². The van der Waals surface area contributed by atoms with Gasteiger partial charge in [0.05, 0.1) is 6.04 Å². The van der Waals surface area contributed by atoms with Crippen molar-refractivity contribution in [1.82, 2.24) is 9.62 Å². The topological polar surface area (TPSA) is 66.5 Å². The fourth-order valence-corrected chi connectivity index (χ4v) is 5.32. The first-order valence-corrected chi connectivity index (χ1v) is 11.1. The predicted octanol–water partition coefficient (Wildman–Crippen LogP) is 2.63. The van der Waals surface area contributed by atoms with E-state index >= 15 is 0 Å². The molecule has 25 heavy (non-hydrogen) atoms. The van der Waals surface area contributed by atoms with E-state index in [1.54, 1.807) is 4.90 Å². The summed E-state index contributed by atoms with van der Waals surface area (Å²) in [5, 5.41) is 0.381. The van der Waals surface area contributed by atoms with Crippen LogP contribution >= 0.6 is 11.8 Å². The molecule has 1 amide bonds. The van der Waals surface area contributed by atoms with Crippen molar-refractivity contribution in [2.75, 3.05) is 18.8 Å². The van der Waals surface area contributed by atoms with Crippen LogP contribution in [0.15, 0.2) is 29.2 Å². The standard InChI is InChI=1S/C17H25FN2O3S2/c1-3-24-14-8-6-7-11-20(12-14)17(21)13(2)19-25(22,23)16-10-5-4-9-15(16)18/h4-5,9-10,13-14,19H,3,6-8,11-12H2,1-2H3/t13-,14?/m0/s1. The van der Waals surface area contributed by atoms with Gasteiger partial charge in [0, 0.05) is 18.3 Å². The molecule has 1 heterocycles. The molecule has 0 bridgehead atoms. The summed E-state index contributed by atoms with van der Waals surface area (Å²) in [5.74, 6) is -0.102. The van der Waals surface area contributed by atoms with Crippen molar-refractivity contribution in [3.8, 4) is 0 Å². The van der Waals surface area contributed by atoms with Crippen LogP contribution in [0.4, 0.5) is 4.39 Å². The van der Waals surface area contributed by atoms with Gasteiger partial charge in [0.15, 0.2) is 0 Å². The first-order chi connectivity index (χ1) is 11.8. The van der Waals surface area contributed by atoms with Crippen LogP contribution in [0.5, 0.6) is 0 Å². The number of hydrogen-bond donors (Lipinski definition) is 1. The number of sulfonamides is 1. The maximum atomic E-state index is 13.8. The Morgan fingerprint density at radius 1 is 1.40 bits per heavy atom. The number of likely N-dealkylation sites (tertiary alicyclic amines) is 1. The number of carbonyl (C=O) groups is 1. The molecule has 1 aliphatic rings. The van der Waals surface area contributed by atoms with E-state index in [9.17, 15) is 17.6 Å². The van der Waals surface area contributed by atoms with E-state index < -0.39 is 26.8 Å². The van der Waals surface area contributed by atoms with Crippen LogP contribution in [0.2, 0.25) is 0 Å². The van der Waals surface area contributed by atoms with Crippen LogP contribution in [0, 0.1) is 5.82 Å². The molecular weight excluding hydrogens is 363 g/mol. The molecule has 0 spiro atoms. The summed E-state index contributed by atoms with van der Waals surface area (Å²) in [5.41, 5.74) is 0. The summed E-state index contributed by atoms with van der Waals surface area (Å²) < 4.78 is 40.8. The smallest absolute Gasteiger partial charge is 0.244 e. The lowest BCUT2D eigenvalue weighted by Crippen LogP contribution is -2.48. The highest BCUT2D eigenvalue weighted by molar-refractivity contribution is 7.99. The van der Waals surface area contributed by atoms with Gasteiger partial charge in [-0.1, -0.05) is 25.5 Å². The summed E-state index contributed by atoms with van der Waals surface area (Å²) in [6.45, 7) is 4.86. The van der Waals surface area contributed by atoms with E-state index in [4.69, 9.17) is 0 Å². The molecule has 1 aliphatic heterocycles. The minimum absolute atomic E-state index is 0.261. The van der Waals surface area contributed by atoms with E-state index in [0.29, 0.717) is 18.3 Å². The Hall–Kier alpha value is -1.12. The number of thioether (sulfide) groups is 1. The molecule has 1 unspecified atom stereocenters. The molecule has 2 rings (SSSR count). The van der Waals surface area contributed by atoms with Crippen molar-refractivity contribution in [2.24, 2.45) is 0 Å². The number of halogens is 1. The lowest BCUT2D eigenvalue weighted by atomic mass is 10.2. The van der Waals surface area contributed by atoms with E-state index in [0.717, 1.165) is 31.1 Å². The van der Waals surface area contributed by atoms with Crippen LogP contribution in [-0.4, -0.2) is 49.4 Å². The average molecular weight is 389 g/mol. The number of benzene rings is 1. The molecule has 8 heteroatoms. The van der Waals surface area contributed by atoms with Gasteiger partial charge in [-0.25, -0.2) is 12.8 Å². The Labute approximate surface area is 153 Å². The van der Waals surface area contributed by atoms with Gasteiger partial charge in [-0.2, -0.15) is 16.5 Å². The van der Waals surface area contributed by atoms with Crippen LogP contribution < -0.4 is 4.72 Å². The Morgan fingerprint density at radius 3 is 2.80 bits per heavy atom. The molecule has 0 aliphatic carbocycles. The second-order valence-electron chi connectivity index (χ2n) is 6.13. The van der Waals surface area contributed by atoms with Crippen molar-refractivity contribution in [2.45, 2.75) is 49.3 Å². The molecule has 140 valence electrons. The number of rotatable bonds is 6. The third-order valence-corrected chi connectivity index (χ3v) is 6.93. The Balaban J connectivity index is 2.07. The van der Waals surface area contributed by atoms with Gasteiger partial charge < -0.3 is 4.90 Å². The molecule has 5 nitrogen and oxygen atoms in total. The Kier molecular flexibility index (Phi) is 7.27. The van der Waals surface area contributed by atoms with Gasteiger partial charge in [0.1, 0.15) is 10.7 Å². The van der Waals surface area contributed by atoms with Crippen LogP contribution in [0.25, 0.3) is 0 Å². The SMILES string of the molecule is CCSC1CCCCN(C(=O)[C@H](C)NS(=O)(=O)c2ccccc2F)C1. The third-order valence-electron chi connectivity index (χ3n) is 4.17. The van der Waals surface area contributed by atoms with Gasteiger partial charge in [0.2, 0.25) is 15.9 Å². The lowest BCUT2D eigenvalue weighted by Gasteiger charge is -2.27. The highest BCUT2D eigenvalue weighted by Crippen LogP contribution is 2.22. The van der Waals surface area contributed by atoms with Gasteiger partial charge >= 0.3 is 0 Å². The highest BCUT2D eigenvalue weighted by Gasteiger charge is 2.29. The summed E-state index contributed by atoms with van der Waals surface area (Å²) in [4.78, 5) is 14.0. The van der Waals surface area contributed by atoms with Gasteiger partial charge in [0.25, 0.3) is 0 Å². The van der Waals surface area contributed by atoms with Gasteiger partial charge in [-0.15, -0.1) is 0 Å². The van der Waals surface area contributed by atoms with Crippen LogP contribution in [0.1, 0.15) is 33.1 Å². The Bertz CT molecular complexity index is 697. The first kappa shape index (κ1) is 20.2. The van der Waals surface area contributed by atoms with Crippen molar-refractivity contribution >= 4 is 27.7 Å². The van der Waals surface area contributed by atoms with Gasteiger partial charge in [-0.3, -0.25) is 4.79 Å². The highest BCUT2D eigenvalue weighted by atomic mass is 32.2. The summed E-state index contributed by atoms with van der Waals surface area (Å²) >= 11 is 1.83. The summed E-state index contributed by atoms with van der Waals surface area (Å²) in [6.07, 6.45) is 3.05. The zero-order chi connectivity index (χ0) is 18.4. The maximum Gasteiger partial charge on any atom is 0.244 e. The zero-order valence-corrected chi connectivity index (χ0v) is 16.2. The summed E-state index contributed by atoms with van der Waals surface area (Å²) in [6, 6.07) is 4.21. The molecule has 1 aromatic carbocycles. The van der Waals surface area contributed by atoms with Crippen molar-refractivity contribution in [3.63, 3.8) is 0 Å². The molecular formula is C17H25FN2O3S2. The average Bonchev–Trinajstić information content (AvgIpc) is 2.80. The number of hydrogen-bond acceptors (Lipinski definition) is 4. The molecule has 0 saturated carbocycles. The normalized spacial score (nSPS) is 20.1. The van der Waals surface area contributed by atoms with Gasteiger partial charge in [-0.05, 0) is 37.7 Å². The van der Waals surface area contributed by atoms with E-state index in [-0.39, 0.29) is 5.91 Å². The largest absolute Gasteiger partial charge is 0.340 e. The fraction of sp³-hybridized carbons (Fsp3) is 0.588. The lowest BCUT2D eigenvalue weighted by molar-refractivity contribution is -0.132. The van der Waals surface area contributed by atoms with Crippen molar-refractivity contribution in [1.29, 1.82) is 0 Å². The summed E-state index contributed by atoms with van der Waals surface area (Å²) in [7, 11) is -4.08. The first-order valence-electron chi connectivity index (χ1n) is 8.52. The molecule has 0 radical (unpaired) electrons. The van der Waals surface area contributed by atoms with Crippen molar-refractivity contribution in [3.05, 3.63) is 30.1 Å². The van der Waals surface area contributed by atoms with E-state index in [1.165, 1.54) is 25.1 Å². The number of carbonyl (C=O) groups excluding carboxylic acids is 1. The third kappa shape index (κ3) is 5.43. The van der Waals surface area contributed by atoms with Crippen molar-refractivity contribution < 1.29 is 17.6 Å². The molecule has 1 saturated heterocycles.